The Morgan fingerprint density at radius 3 is 2.69 bits per heavy atom. The number of para-hydroxylation sites is 2. The van der Waals surface area contributed by atoms with Gasteiger partial charge in [-0.15, -0.1) is 0 Å². The van der Waals surface area contributed by atoms with E-state index in [1.54, 1.807) is 4.68 Å². The van der Waals surface area contributed by atoms with E-state index in [-0.39, 0.29) is 11.8 Å². The number of amides is 1. The highest BCUT2D eigenvalue weighted by molar-refractivity contribution is 6.12. The van der Waals surface area contributed by atoms with Gasteiger partial charge in [0.1, 0.15) is 0 Å². The van der Waals surface area contributed by atoms with Crippen LogP contribution in [-0.2, 0) is 13.6 Å². The second-order valence-electron chi connectivity index (χ2n) is 7.69. The van der Waals surface area contributed by atoms with E-state index in [1.165, 1.54) is 0 Å². The first kappa shape index (κ1) is 19.1. The first-order valence-corrected chi connectivity index (χ1v) is 10.0. The number of nitrogens with zero attached hydrogens (tertiary/aromatic N) is 5. The average Bonchev–Trinajstić information content (AvgIpc) is 3.18. The first-order valence-electron chi connectivity index (χ1n) is 10.0. The lowest BCUT2D eigenvalue weighted by atomic mass is 10.0. The van der Waals surface area contributed by atoms with E-state index in [9.17, 15) is 4.79 Å². The third kappa shape index (κ3) is 3.26. The molecule has 29 heavy (non-hydrogen) atoms. The highest BCUT2D eigenvalue weighted by Gasteiger charge is 2.21. The van der Waals surface area contributed by atoms with E-state index >= 15 is 0 Å². The van der Waals surface area contributed by atoms with Crippen LogP contribution < -0.4 is 5.32 Å². The average molecular weight is 390 g/mol. The standard InChI is InChI=1S/C22H26N6O/c1-6-11-28-18-10-8-7-9-16(18)24-22(28)25-21(29)15-12-17(13(2)3)23-20-19(15)14(4)26-27(20)5/h7-10,12-13H,6,11H2,1-5H3,(H,24,25,29). The quantitative estimate of drug-likeness (QED) is 0.547. The number of benzene rings is 1. The zero-order valence-electron chi connectivity index (χ0n) is 17.5. The van der Waals surface area contributed by atoms with Crippen LogP contribution in [0.1, 0.15) is 54.9 Å². The van der Waals surface area contributed by atoms with Crippen LogP contribution in [0.4, 0.5) is 5.95 Å². The molecule has 0 aliphatic rings. The Morgan fingerprint density at radius 1 is 1.21 bits per heavy atom. The summed E-state index contributed by atoms with van der Waals surface area (Å²) >= 11 is 0. The van der Waals surface area contributed by atoms with Crippen LogP contribution in [0.2, 0.25) is 0 Å². The molecule has 0 spiro atoms. The Kier molecular flexibility index (Phi) is 4.82. The largest absolute Gasteiger partial charge is 0.310 e. The molecule has 1 aromatic carbocycles. The molecular weight excluding hydrogens is 364 g/mol. The minimum atomic E-state index is -0.192. The van der Waals surface area contributed by atoms with E-state index in [0.29, 0.717) is 11.5 Å². The van der Waals surface area contributed by atoms with Gasteiger partial charge in [0.15, 0.2) is 5.65 Å². The highest BCUT2D eigenvalue weighted by Crippen LogP contribution is 2.26. The molecule has 4 aromatic rings. The molecule has 0 aliphatic heterocycles. The van der Waals surface area contributed by atoms with Gasteiger partial charge in [0.05, 0.1) is 27.7 Å². The second-order valence-corrected chi connectivity index (χ2v) is 7.69. The lowest BCUT2D eigenvalue weighted by Gasteiger charge is -2.12. The minimum absolute atomic E-state index is 0.192. The van der Waals surface area contributed by atoms with E-state index < -0.39 is 0 Å². The number of pyridine rings is 1. The summed E-state index contributed by atoms with van der Waals surface area (Å²) in [6.45, 7) is 8.94. The van der Waals surface area contributed by atoms with Gasteiger partial charge in [-0.05, 0) is 37.5 Å². The lowest BCUT2D eigenvalue weighted by Crippen LogP contribution is -2.17. The van der Waals surface area contributed by atoms with Crippen LogP contribution >= 0.6 is 0 Å². The van der Waals surface area contributed by atoms with Crippen molar-refractivity contribution >= 4 is 33.9 Å². The topological polar surface area (TPSA) is 77.6 Å². The predicted octanol–water partition coefficient (Wildman–Crippen LogP) is 4.41. The smallest absolute Gasteiger partial charge is 0.258 e. The molecule has 150 valence electrons. The number of imidazole rings is 1. The van der Waals surface area contributed by atoms with Gasteiger partial charge in [-0.2, -0.15) is 5.10 Å². The molecule has 3 heterocycles. The van der Waals surface area contributed by atoms with Crippen LogP contribution in [0, 0.1) is 6.92 Å². The highest BCUT2D eigenvalue weighted by atomic mass is 16.1. The number of fused-ring (bicyclic) bond motifs is 2. The van der Waals surface area contributed by atoms with Crippen molar-refractivity contribution in [1.29, 1.82) is 0 Å². The summed E-state index contributed by atoms with van der Waals surface area (Å²) in [7, 11) is 1.86. The Hall–Kier alpha value is -3.22. The molecule has 4 rings (SSSR count). The van der Waals surface area contributed by atoms with E-state index in [2.05, 4.69) is 40.7 Å². The van der Waals surface area contributed by atoms with Crippen molar-refractivity contribution in [2.45, 2.75) is 46.6 Å². The molecule has 0 aliphatic carbocycles. The summed E-state index contributed by atoms with van der Waals surface area (Å²) < 4.78 is 3.80. The molecule has 0 atom stereocenters. The molecule has 7 heteroatoms. The molecule has 0 saturated heterocycles. The number of nitrogens with one attached hydrogen (secondary N) is 1. The minimum Gasteiger partial charge on any atom is -0.310 e. The maximum absolute atomic E-state index is 13.4. The van der Waals surface area contributed by atoms with Gasteiger partial charge in [0.25, 0.3) is 5.91 Å². The molecule has 0 unspecified atom stereocenters. The molecule has 0 saturated carbocycles. The monoisotopic (exact) mass is 390 g/mol. The lowest BCUT2D eigenvalue weighted by molar-refractivity contribution is 0.102. The Morgan fingerprint density at radius 2 is 1.97 bits per heavy atom. The first-order chi connectivity index (χ1) is 13.9. The summed E-state index contributed by atoms with van der Waals surface area (Å²) in [5.74, 6) is 0.574. The molecule has 1 N–H and O–H groups in total. The van der Waals surface area contributed by atoms with Crippen molar-refractivity contribution in [3.05, 3.63) is 47.3 Å². The Balaban J connectivity index is 1.83. The van der Waals surface area contributed by atoms with E-state index in [1.807, 2.05) is 44.3 Å². The van der Waals surface area contributed by atoms with Gasteiger partial charge < -0.3 is 4.57 Å². The number of anilines is 1. The molecule has 3 aromatic heterocycles. The summed E-state index contributed by atoms with van der Waals surface area (Å²) in [5, 5.41) is 8.30. The number of aromatic nitrogens is 5. The van der Waals surface area contributed by atoms with Gasteiger partial charge in [-0.3, -0.25) is 14.8 Å². The van der Waals surface area contributed by atoms with Crippen molar-refractivity contribution in [3.8, 4) is 0 Å². The van der Waals surface area contributed by atoms with Gasteiger partial charge >= 0.3 is 0 Å². The van der Waals surface area contributed by atoms with Crippen molar-refractivity contribution in [2.75, 3.05) is 5.32 Å². The third-order valence-electron chi connectivity index (χ3n) is 5.15. The van der Waals surface area contributed by atoms with Crippen LogP contribution in [0.15, 0.2) is 30.3 Å². The Bertz CT molecular complexity index is 1220. The summed E-state index contributed by atoms with van der Waals surface area (Å²) in [6.07, 6.45) is 0.946. The normalized spacial score (nSPS) is 11.7. The maximum Gasteiger partial charge on any atom is 0.258 e. The summed E-state index contributed by atoms with van der Waals surface area (Å²) in [4.78, 5) is 22.8. The maximum atomic E-state index is 13.4. The molecule has 0 radical (unpaired) electrons. The van der Waals surface area contributed by atoms with Crippen molar-refractivity contribution in [3.63, 3.8) is 0 Å². The van der Waals surface area contributed by atoms with Gasteiger partial charge in [0, 0.05) is 19.3 Å². The van der Waals surface area contributed by atoms with Crippen molar-refractivity contribution in [2.24, 2.45) is 7.05 Å². The second kappa shape index (κ2) is 7.31. The zero-order valence-corrected chi connectivity index (χ0v) is 17.5. The number of carbonyl (C=O) groups excluding carboxylic acids is 1. The molecule has 0 bridgehead atoms. The molecule has 1 amide bonds. The molecule has 7 nitrogen and oxygen atoms in total. The van der Waals surface area contributed by atoms with Crippen molar-refractivity contribution in [1.82, 2.24) is 24.3 Å². The van der Waals surface area contributed by atoms with E-state index in [0.717, 1.165) is 46.4 Å². The van der Waals surface area contributed by atoms with Gasteiger partial charge in [-0.25, -0.2) is 9.97 Å². The van der Waals surface area contributed by atoms with Gasteiger partial charge in [0.2, 0.25) is 5.95 Å². The fourth-order valence-corrected chi connectivity index (χ4v) is 3.73. The molecular formula is C22H26N6O. The zero-order chi connectivity index (χ0) is 20.7. The van der Waals surface area contributed by atoms with Gasteiger partial charge in [-0.1, -0.05) is 32.9 Å². The van der Waals surface area contributed by atoms with Crippen LogP contribution in [-0.4, -0.2) is 30.2 Å². The van der Waals surface area contributed by atoms with Crippen LogP contribution in [0.3, 0.4) is 0 Å². The summed E-state index contributed by atoms with van der Waals surface area (Å²) in [6, 6.07) is 9.81. The third-order valence-corrected chi connectivity index (χ3v) is 5.15. The predicted molar refractivity (Wildman–Crippen MR) is 115 cm³/mol. The fraction of sp³-hybridized carbons (Fsp3) is 0.364. The Labute approximate surface area is 169 Å². The fourth-order valence-electron chi connectivity index (χ4n) is 3.73. The number of carbonyl (C=O) groups is 1. The van der Waals surface area contributed by atoms with Crippen LogP contribution in [0.5, 0.6) is 0 Å². The number of aryl methyl sites for hydroxylation is 3. The van der Waals surface area contributed by atoms with E-state index in [4.69, 9.17) is 4.98 Å². The molecule has 0 fully saturated rings. The summed E-state index contributed by atoms with van der Waals surface area (Å²) in [5.41, 5.74) is 4.85. The SMILES string of the molecule is CCCn1c(NC(=O)c2cc(C(C)C)nc3c2c(C)nn3C)nc2ccccc21. The van der Waals surface area contributed by atoms with Crippen molar-refractivity contribution < 1.29 is 4.79 Å². The number of rotatable bonds is 5. The number of hydrogen-bond acceptors (Lipinski definition) is 4. The van der Waals surface area contributed by atoms with Crippen LogP contribution in [0.25, 0.3) is 22.1 Å². The number of hydrogen-bond donors (Lipinski definition) is 1.